The van der Waals surface area contributed by atoms with E-state index in [0.717, 1.165) is 5.56 Å². The average Bonchev–Trinajstić information content (AvgIpc) is 2.60. The first-order valence-corrected chi connectivity index (χ1v) is 8.82. The van der Waals surface area contributed by atoms with E-state index in [0.29, 0.717) is 31.6 Å². The number of rotatable bonds is 4. The van der Waals surface area contributed by atoms with Crippen molar-refractivity contribution in [3.63, 3.8) is 0 Å². The van der Waals surface area contributed by atoms with Crippen LogP contribution < -0.4 is 0 Å². The lowest BCUT2D eigenvalue weighted by molar-refractivity contribution is -0.145. The maximum Gasteiger partial charge on any atom is 0.306 e. The molecule has 0 unspecified atom stereocenters. The van der Waals surface area contributed by atoms with Crippen LogP contribution in [0.4, 0.5) is 0 Å². The van der Waals surface area contributed by atoms with E-state index in [1.54, 1.807) is 24.2 Å². The maximum atomic E-state index is 12.5. The third-order valence-electron chi connectivity index (χ3n) is 4.76. The summed E-state index contributed by atoms with van der Waals surface area (Å²) >= 11 is 0. The second kappa shape index (κ2) is 7.85. The number of pyridine rings is 1. The van der Waals surface area contributed by atoms with Gasteiger partial charge in [-0.1, -0.05) is 26.8 Å². The van der Waals surface area contributed by atoms with Crippen LogP contribution >= 0.6 is 0 Å². The molecule has 7 heteroatoms. The van der Waals surface area contributed by atoms with Crippen molar-refractivity contribution in [3.8, 4) is 0 Å². The van der Waals surface area contributed by atoms with Crippen LogP contribution in [0.5, 0.6) is 0 Å². The Labute approximate surface area is 154 Å². The number of likely N-dealkylation sites (tertiary alicyclic amines) is 1. The van der Waals surface area contributed by atoms with Crippen LogP contribution in [0.2, 0.25) is 0 Å². The van der Waals surface area contributed by atoms with Crippen LogP contribution in [0.15, 0.2) is 18.3 Å². The van der Waals surface area contributed by atoms with Crippen molar-refractivity contribution in [2.75, 3.05) is 26.7 Å². The summed E-state index contributed by atoms with van der Waals surface area (Å²) in [5.74, 6) is -1.67. The number of carbonyl (C=O) groups is 3. The fourth-order valence-corrected chi connectivity index (χ4v) is 2.91. The molecule has 2 heterocycles. The van der Waals surface area contributed by atoms with E-state index >= 15 is 0 Å². The zero-order valence-electron chi connectivity index (χ0n) is 15.9. The van der Waals surface area contributed by atoms with Crippen molar-refractivity contribution in [2.24, 2.45) is 5.92 Å². The number of piperidine rings is 1. The summed E-state index contributed by atoms with van der Waals surface area (Å²) in [4.78, 5) is 43.0. The number of hydrogen-bond acceptors (Lipinski definition) is 4. The fourth-order valence-electron chi connectivity index (χ4n) is 2.91. The molecule has 1 aliphatic heterocycles. The van der Waals surface area contributed by atoms with Crippen LogP contribution in [0, 0.1) is 5.92 Å². The molecule has 0 aromatic carbocycles. The summed E-state index contributed by atoms with van der Waals surface area (Å²) in [5, 5.41) is 9.01. The number of amides is 2. The van der Waals surface area contributed by atoms with E-state index in [4.69, 9.17) is 5.11 Å². The van der Waals surface area contributed by atoms with E-state index in [1.165, 1.54) is 4.90 Å². The van der Waals surface area contributed by atoms with Gasteiger partial charge in [-0.05, 0) is 29.9 Å². The second-order valence-corrected chi connectivity index (χ2v) is 7.84. The predicted octanol–water partition coefficient (Wildman–Crippen LogP) is 1.77. The first-order valence-electron chi connectivity index (χ1n) is 8.82. The first kappa shape index (κ1) is 19.9. The highest BCUT2D eigenvalue weighted by atomic mass is 16.4. The van der Waals surface area contributed by atoms with Crippen molar-refractivity contribution in [2.45, 2.75) is 39.0 Å². The zero-order valence-corrected chi connectivity index (χ0v) is 15.9. The van der Waals surface area contributed by atoms with E-state index < -0.39 is 5.97 Å². The molecule has 2 rings (SSSR count). The molecule has 0 spiro atoms. The summed E-state index contributed by atoms with van der Waals surface area (Å²) in [6.45, 7) is 7.00. The number of carboxylic acid groups (broad SMARTS) is 1. The quantitative estimate of drug-likeness (QED) is 0.883. The number of likely N-dealkylation sites (N-methyl/N-ethyl adjacent to an activating group) is 1. The Kier molecular flexibility index (Phi) is 6.00. The second-order valence-electron chi connectivity index (χ2n) is 7.84. The normalized spacial score (nSPS) is 15.6. The van der Waals surface area contributed by atoms with Gasteiger partial charge in [0.15, 0.2) is 0 Å². The standard InChI is InChI=1S/C19H27N3O4/c1-19(2,3)14-5-6-15(20-11-14)17(24)21(4)12-16(23)22-9-7-13(8-10-22)18(25)26/h5-6,11,13H,7-10,12H2,1-4H3,(H,25,26). The van der Waals surface area contributed by atoms with Gasteiger partial charge in [-0.2, -0.15) is 0 Å². The zero-order chi connectivity index (χ0) is 19.5. The third kappa shape index (κ3) is 4.80. The molecule has 1 aromatic rings. The summed E-state index contributed by atoms with van der Waals surface area (Å²) in [6, 6.07) is 3.56. The number of nitrogens with zero attached hydrogens (tertiary/aromatic N) is 3. The van der Waals surface area contributed by atoms with E-state index in [-0.39, 0.29) is 29.7 Å². The molecular formula is C19H27N3O4. The Morgan fingerprint density at radius 1 is 1.23 bits per heavy atom. The highest BCUT2D eigenvalue weighted by Gasteiger charge is 2.28. The predicted molar refractivity (Wildman–Crippen MR) is 96.8 cm³/mol. The van der Waals surface area contributed by atoms with Gasteiger partial charge in [-0.3, -0.25) is 19.4 Å². The average molecular weight is 361 g/mol. The molecule has 0 radical (unpaired) electrons. The van der Waals surface area contributed by atoms with Gasteiger partial charge < -0.3 is 14.9 Å². The number of aliphatic carboxylic acids is 1. The lowest BCUT2D eigenvalue weighted by atomic mass is 9.88. The molecule has 26 heavy (non-hydrogen) atoms. The number of carboxylic acids is 1. The number of aromatic nitrogens is 1. The van der Waals surface area contributed by atoms with Crippen LogP contribution in [-0.4, -0.2) is 64.4 Å². The summed E-state index contributed by atoms with van der Waals surface area (Å²) in [6.07, 6.45) is 2.60. The summed E-state index contributed by atoms with van der Waals surface area (Å²) in [7, 11) is 1.57. The highest BCUT2D eigenvalue weighted by Crippen LogP contribution is 2.21. The van der Waals surface area contributed by atoms with Crippen LogP contribution in [-0.2, 0) is 15.0 Å². The van der Waals surface area contributed by atoms with Gasteiger partial charge in [-0.15, -0.1) is 0 Å². The van der Waals surface area contributed by atoms with Crippen molar-refractivity contribution in [1.29, 1.82) is 0 Å². The lowest BCUT2D eigenvalue weighted by Crippen LogP contribution is -2.45. The van der Waals surface area contributed by atoms with Crippen molar-refractivity contribution in [3.05, 3.63) is 29.6 Å². The largest absolute Gasteiger partial charge is 0.481 e. The van der Waals surface area contributed by atoms with Crippen LogP contribution in [0.1, 0.15) is 49.7 Å². The molecule has 142 valence electrons. The number of hydrogen-bond donors (Lipinski definition) is 1. The summed E-state index contributed by atoms with van der Waals surface area (Å²) in [5.41, 5.74) is 1.30. The van der Waals surface area contributed by atoms with Gasteiger partial charge in [0.25, 0.3) is 5.91 Å². The molecule has 0 atom stereocenters. The molecule has 1 aliphatic rings. The first-order chi connectivity index (χ1) is 12.1. The Hall–Kier alpha value is -2.44. The lowest BCUT2D eigenvalue weighted by Gasteiger charge is -2.31. The molecule has 7 nitrogen and oxygen atoms in total. The molecule has 1 fully saturated rings. The smallest absolute Gasteiger partial charge is 0.306 e. The molecule has 1 N–H and O–H groups in total. The Morgan fingerprint density at radius 2 is 1.85 bits per heavy atom. The van der Waals surface area contributed by atoms with Gasteiger partial charge in [0, 0.05) is 26.3 Å². The van der Waals surface area contributed by atoms with Crippen molar-refractivity contribution in [1.82, 2.24) is 14.8 Å². The minimum atomic E-state index is -0.811. The van der Waals surface area contributed by atoms with Gasteiger partial charge in [0.2, 0.25) is 5.91 Å². The van der Waals surface area contributed by atoms with Crippen LogP contribution in [0.25, 0.3) is 0 Å². The summed E-state index contributed by atoms with van der Waals surface area (Å²) < 4.78 is 0. The van der Waals surface area contributed by atoms with E-state index in [9.17, 15) is 14.4 Å². The number of carbonyl (C=O) groups excluding carboxylic acids is 2. The minimum absolute atomic E-state index is 0.0424. The van der Waals surface area contributed by atoms with E-state index in [1.807, 2.05) is 6.07 Å². The molecule has 0 bridgehead atoms. The van der Waals surface area contributed by atoms with Gasteiger partial charge >= 0.3 is 5.97 Å². The minimum Gasteiger partial charge on any atom is -0.481 e. The maximum absolute atomic E-state index is 12.5. The molecule has 2 amide bonds. The molecule has 0 saturated carbocycles. The topological polar surface area (TPSA) is 90.8 Å². The molecule has 1 aromatic heterocycles. The highest BCUT2D eigenvalue weighted by molar-refractivity contribution is 5.94. The van der Waals surface area contributed by atoms with Gasteiger partial charge in [-0.25, -0.2) is 0 Å². The Balaban J connectivity index is 1.92. The van der Waals surface area contributed by atoms with E-state index in [2.05, 4.69) is 25.8 Å². The van der Waals surface area contributed by atoms with Crippen LogP contribution in [0.3, 0.4) is 0 Å². The Morgan fingerprint density at radius 3 is 2.31 bits per heavy atom. The van der Waals surface area contributed by atoms with Crippen molar-refractivity contribution >= 4 is 17.8 Å². The SMILES string of the molecule is CN(CC(=O)N1CCC(C(=O)O)CC1)C(=O)c1ccc(C(C)(C)C)cn1. The molecular weight excluding hydrogens is 334 g/mol. The third-order valence-corrected chi connectivity index (χ3v) is 4.76. The molecule has 0 aliphatic carbocycles. The van der Waals surface area contributed by atoms with Crippen molar-refractivity contribution < 1.29 is 19.5 Å². The monoisotopic (exact) mass is 361 g/mol. The Bertz CT molecular complexity index is 671. The fraction of sp³-hybridized carbons (Fsp3) is 0.579. The van der Waals surface area contributed by atoms with Gasteiger partial charge in [0.05, 0.1) is 12.5 Å². The van der Waals surface area contributed by atoms with Gasteiger partial charge in [0.1, 0.15) is 5.69 Å². The molecule has 1 saturated heterocycles.